The van der Waals surface area contributed by atoms with Gasteiger partial charge in [0.25, 0.3) is 0 Å². The molecule has 2 aliphatic heterocycles. The van der Waals surface area contributed by atoms with Crippen molar-refractivity contribution in [1.82, 2.24) is 10.2 Å². The molecule has 2 heterocycles. The molecular formula is C10H17N3O4S. The number of hydrogen-bond acceptors (Lipinski definition) is 5. The summed E-state index contributed by atoms with van der Waals surface area (Å²) in [5.74, 6) is -0.0396. The molecule has 102 valence electrons. The minimum Gasteiger partial charge on any atom is -0.383 e. The number of carbonyl (C=O) groups excluding carboxylic acids is 1. The van der Waals surface area contributed by atoms with E-state index in [-0.39, 0.29) is 17.3 Å². The molecule has 0 radical (unpaired) electrons. The van der Waals surface area contributed by atoms with Crippen molar-refractivity contribution < 1.29 is 17.9 Å². The number of amidine groups is 1. The highest BCUT2D eigenvalue weighted by atomic mass is 32.2. The predicted octanol–water partition coefficient (Wildman–Crippen LogP) is -0.417. The number of methoxy groups -OCH3 is 1. The van der Waals surface area contributed by atoms with Crippen LogP contribution < -0.4 is 5.32 Å². The fourth-order valence-corrected chi connectivity index (χ4v) is 4.52. The van der Waals surface area contributed by atoms with Gasteiger partial charge in [0.2, 0.25) is 0 Å². The Kier molecular flexibility index (Phi) is 3.33. The Morgan fingerprint density at radius 3 is 2.89 bits per heavy atom. The number of hydrogen-bond donors (Lipinski definition) is 2. The predicted molar refractivity (Wildman–Crippen MR) is 65.5 cm³/mol. The molecule has 0 saturated carbocycles. The van der Waals surface area contributed by atoms with Crippen molar-refractivity contribution in [2.75, 3.05) is 31.8 Å². The monoisotopic (exact) mass is 275 g/mol. The second-order valence-corrected chi connectivity index (χ2v) is 6.86. The number of sulfone groups is 1. The minimum atomic E-state index is -3.20. The molecule has 2 aliphatic rings. The highest BCUT2D eigenvalue weighted by Gasteiger charge is 2.53. The maximum Gasteiger partial charge on any atom is 0.323 e. The van der Waals surface area contributed by atoms with Crippen LogP contribution in [0.3, 0.4) is 0 Å². The van der Waals surface area contributed by atoms with Gasteiger partial charge in [0.1, 0.15) is 11.4 Å². The normalized spacial score (nSPS) is 30.8. The Hall–Kier alpha value is -1.15. The first-order valence-electron chi connectivity index (χ1n) is 5.78. The summed E-state index contributed by atoms with van der Waals surface area (Å²) in [6.07, 6.45) is 0.983. The Morgan fingerprint density at radius 1 is 1.56 bits per heavy atom. The average Bonchev–Trinajstić information content (AvgIpc) is 2.47. The molecule has 8 heteroatoms. The molecule has 0 aromatic heterocycles. The van der Waals surface area contributed by atoms with Crippen LogP contribution in [-0.4, -0.2) is 62.5 Å². The molecule has 1 atom stereocenters. The molecule has 1 spiro atoms. The number of nitrogens with zero attached hydrogens (tertiary/aromatic N) is 1. The van der Waals surface area contributed by atoms with Gasteiger partial charge in [0.05, 0.1) is 18.1 Å². The largest absolute Gasteiger partial charge is 0.383 e. The maximum absolute atomic E-state index is 11.8. The third-order valence-electron chi connectivity index (χ3n) is 3.48. The first kappa shape index (κ1) is 13.3. The van der Waals surface area contributed by atoms with Gasteiger partial charge in [-0.15, -0.1) is 0 Å². The van der Waals surface area contributed by atoms with Crippen molar-refractivity contribution >= 4 is 21.7 Å². The van der Waals surface area contributed by atoms with E-state index in [0.29, 0.717) is 26.0 Å². The van der Waals surface area contributed by atoms with Crippen LogP contribution in [0.15, 0.2) is 0 Å². The van der Waals surface area contributed by atoms with E-state index in [1.165, 1.54) is 12.0 Å². The summed E-state index contributed by atoms with van der Waals surface area (Å²) in [5, 5.41) is 10.3. The van der Waals surface area contributed by atoms with Crippen molar-refractivity contribution in [3.63, 3.8) is 0 Å². The zero-order chi connectivity index (χ0) is 13.4. The molecule has 0 aliphatic carbocycles. The highest BCUT2D eigenvalue weighted by Crippen LogP contribution is 2.33. The first-order valence-corrected chi connectivity index (χ1v) is 7.60. The van der Waals surface area contributed by atoms with E-state index in [9.17, 15) is 13.2 Å². The van der Waals surface area contributed by atoms with Gasteiger partial charge in [-0.25, -0.2) is 13.2 Å². The summed E-state index contributed by atoms with van der Waals surface area (Å²) >= 11 is 0. The minimum absolute atomic E-state index is 0.00752. The number of amides is 2. The smallest absolute Gasteiger partial charge is 0.323 e. The van der Waals surface area contributed by atoms with Gasteiger partial charge in [-0.2, -0.15) is 0 Å². The molecular weight excluding hydrogens is 258 g/mol. The van der Waals surface area contributed by atoms with Crippen LogP contribution in [0.4, 0.5) is 4.79 Å². The lowest BCUT2D eigenvalue weighted by Gasteiger charge is -2.38. The number of ether oxygens (including phenoxy) is 1. The van der Waals surface area contributed by atoms with Gasteiger partial charge in [0, 0.05) is 13.7 Å². The molecule has 0 bridgehead atoms. The van der Waals surface area contributed by atoms with Gasteiger partial charge in [-0.05, 0) is 12.8 Å². The van der Waals surface area contributed by atoms with Gasteiger partial charge < -0.3 is 9.64 Å². The summed E-state index contributed by atoms with van der Waals surface area (Å²) in [6, 6.07) is -0.408. The lowest BCUT2D eigenvalue weighted by Crippen LogP contribution is -2.57. The summed E-state index contributed by atoms with van der Waals surface area (Å²) < 4.78 is 28.5. The molecule has 1 unspecified atom stereocenters. The molecule has 0 aromatic rings. The zero-order valence-electron chi connectivity index (χ0n) is 10.2. The summed E-state index contributed by atoms with van der Waals surface area (Å²) in [7, 11) is -1.69. The summed E-state index contributed by atoms with van der Waals surface area (Å²) in [6.45, 7) is 0.614. The zero-order valence-corrected chi connectivity index (χ0v) is 11.0. The second-order valence-electron chi connectivity index (χ2n) is 4.68. The van der Waals surface area contributed by atoms with E-state index >= 15 is 0 Å². The summed E-state index contributed by atoms with van der Waals surface area (Å²) in [4.78, 5) is 13.2. The van der Waals surface area contributed by atoms with E-state index in [1.54, 1.807) is 0 Å². The number of nitrogens with one attached hydrogen (secondary N) is 2. The molecule has 2 amide bonds. The number of carbonyl (C=O) groups is 1. The van der Waals surface area contributed by atoms with Crippen LogP contribution in [0, 0.1) is 5.41 Å². The quantitative estimate of drug-likeness (QED) is 0.731. The number of urea groups is 1. The Morgan fingerprint density at radius 2 is 2.28 bits per heavy atom. The van der Waals surface area contributed by atoms with Crippen molar-refractivity contribution in [2.45, 2.75) is 18.4 Å². The van der Waals surface area contributed by atoms with Crippen molar-refractivity contribution in [3.8, 4) is 0 Å². The molecule has 18 heavy (non-hydrogen) atoms. The molecule has 2 rings (SSSR count). The Bertz CT molecular complexity index is 476. The molecule has 2 saturated heterocycles. The topological polar surface area (TPSA) is 99.6 Å². The van der Waals surface area contributed by atoms with E-state index in [1.807, 2.05) is 0 Å². The SMILES string of the molecule is COCCN1C(=O)NC(=N)C12CCCS(=O)(=O)C2. The Balaban J connectivity index is 2.31. The highest BCUT2D eigenvalue weighted by molar-refractivity contribution is 7.91. The standard InChI is InChI=1S/C10H17N3O4S/c1-17-5-4-13-9(14)12-8(11)10(13)3-2-6-18(15,16)7-10/h2-7H2,1H3,(H2,11,12,14). The van der Waals surface area contributed by atoms with Crippen LogP contribution in [0.1, 0.15) is 12.8 Å². The third-order valence-corrected chi connectivity index (χ3v) is 5.31. The van der Waals surface area contributed by atoms with Crippen molar-refractivity contribution in [2.24, 2.45) is 0 Å². The van der Waals surface area contributed by atoms with Crippen molar-refractivity contribution in [3.05, 3.63) is 0 Å². The molecule has 7 nitrogen and oxygen atoms in total. The lowest BCUT2D eigenvalue weighted by molar-refractivity contribution is 0.125. The Labute approximate surface area is 106 Å². The van der Waals surface area contributed by atoms with E-state index < -0.39 is 21.4 Å². The lowest BCUT2D eigenvalue weighted by atomic mass is 9.93. The van der Waals surface area contributed by atoms with E-state index in [0.717, 1.165) is 0 Å². The van der Waals surface area contributed by atoms with Crippen LogP contribution in [-0.2, 0) is 14.6 Å². The first-order chi connectivity index (χ1) is 8.41. The molecule has 2 N–H and O–H groups in total. The van der Waals surface area contributed by atoms with Crippen LogP contribution >= 0.6 is 0 Å². The van der Waals surface area contributed by atoms with Gasteiger partial charge >= 0.3 is 6.03 Å². The van der Waals surface area contributed by atoms with Crippen LogP contribution in [0.25, 0.3) is 0 Å². The fourth-order valence-electron chi connectivity index (χ4n) is 2.62. The molecule has 0 aromatic carbocycles. The van der Waals surface area contributed by atoms with Crippen LogP contribution in [0.2, 0.25) is 0 Å². The van der Waals surface area contributed by atoms with Gasteiger partial charge in [-0.1, -0.05) is 0 Å². The van der Waals surface area contributed by atoms with Gasteiger partial charge in [-0.3, -0.25) is 10.7 Å². The van der Waals surface area contributed by atoms with Gasteiger partial charge in [0.15, 0.2) is 9.84 Å². The van der Waals surface area contributed by atoms with Crippen molar-refractivity contribution in [1.29, 1.82) is 5.41 Å². The maximum atomic E-state index is 11.8. The second kappa shape index (κ2) is 4.51. The van der Waals surface area contributed by atoms with E-state index in [2.05, 4.69) is 5.32 Å². The number of rotatable bonds is 3. The summed E-state index contributed by atoms with van der Waals surface area (Å²) in [5.41, 5.74) is -1.01. The average molecular weight is 275 g/mol. The fraction of sp³-hybridized carbons (Fsp3) is 0.800. The molecule has 2 fully saturated rings. The third kappa shape index (κ3) is 2.10. The van der Waals surface area contributed by atoms with Crippen LogP contribution in [0.5, 0.6) is 0 Å². The van der Waals surface area contributed by atoms with E-state index in [4.69, 9.17) is 10.1 Å².